The highest BCUT2D eigenvalue weighted by molar-refractivity contribution is 5.35. The van der Waals surface area contributed by atoms with Gasteiger partial charge >= 0.3 is 6.18 Å². The van der Waals surface area contributed by atoms with Gasteiger partial charge in [-0.15, -0.1) is 0 Å². The highest BCUT2D eigenvalue weighted by Gasteiger charge is 2.32. The second kappa shape index (κ2) is 6.59. The molecule has 0 aliphatic heterocycles. The quantitative estimate of drug-likeness (QED) is 0.886. The molecule has 0 fully saturated rings. The Morgan fingerprint density at radius 2 is 1.80 bits per heavy atom. The molecule has 0 aliphatic carbocycles. The molecule has 2 nitrogen and oxygen atoms in total. The van der Waals surface area contributed by atoms with Gasteiger partial charge in [-0.2, -0.15) is 13.2 Å². The number of alkyl halides is 3. The summed E-state index contributed by atoms with van der Waals surface area (Å²) in [5, 5.41) is 3.14. The van der Waals surface area contributed by atoms with Gasteiger partial charge in [0.25, 0.3) is 0 Å². The summed E-state index contributed by atoms with van der Waals surface area (Å²) >= 11 is 0. The van der Waals surface area contributed by atoms with Gasteiger partial charge < -0.3 is 10.1 Å². The molecular formula is C15H22F3NO. The first-order chi connectivity index (χ1) is 9.22. The molecular weight excluding hydrogens is 267 g/mol. The van der Waals surface area contributed by atoms with Crippen LogP contribution in [0.15, 0.2) is 18.2 Å². The summed E-state index contributed by atoms with van der Waals surface area (Å²) in [6.45, 7) is 5.75. The van der Waals surface area contributed by atoms with Crippen molar-refractivity contribution in [3.8, 4) is 0 Å². The Kier molecular flexibility index (Phi) is 5.59. The standard InChI is InChI=1S/C15H22F3NO/c1-9(2)14(20-5)13(19-4)12-7-6-11(8-10(12)3)15(16,17)18/h6-9,13-14,19H,1-5H3. The van der Waals surface area contributed by atoms with E-state index in [1.165, 1.54) is 12.1 Å². The van der Waals surface area contributed by atoms with Gasteiger partial charge in [0.05, 0.1) is 17.7 Å². The van der Waals surface area contributed by atoms with E-state index in [-0.39, 0.29) is 18.1 Å². The van der Waals surface area contributed by atoms with E-state index < -0.39 is 11.7 Å². The minimum Gasteiger partial charge on any atom is -0.379 e. The van der Waals surface area contributed by atoms with Crippen molar-refractivity contribution in [2.45, 2.75) is 39.1 Å². The van der Waals surface area contributed by atoms with Gasteiger partial charge in [0.15, 0.2) is 0 Å². The fraction of sp³-hybridized carbons (Fsp3) is 0.600. The number of hydrogen-bond donors (Lipinski definition) is 1. The molecule has 1 rings (SSSR count). The van der Waals surface area contributed by atoms with E-state index in [4.69, 9.17) is 4.74 Å². The normalized spacial score (nSPS) is 15.4. The molecule has 0 spiro atoms. The van der Waals surface area contributed by atoms with Crippen LogP contribution in [-0.2, 0) is 10.9 Å². The minimum atomic E-state index is -4.31. The molecule has 2 atom stereocenters. The maximum atomic E-state index is 12.7. The average molecular weight is 289 g/mol. The van der Waals surface area contributed by atoms with Crippen LogP contribution in [0.4, 0.5) is 13.2 Å². The number of nitrogens with one attached hydrogen (secondary N) is 1. The average Bonchev–Trinajstić information content (AvgIpc) is 2.34. The number of rotatable bonds is 5. The van der Waals surface area contributed by atoms with Crippen molar-refractivity contribution in [2.24, 2.45) is 5.92 Å². The monoisotopic (exact) mass is 289 g/mol. The van der Waals surface area contributed by atoms with Crippen molar-refractivity contribution >= 4 is 0 Å². The van der Waals surface area contributed by atoms with E-state index in [9.17, 15) is 13.2 Å². The molecule has 0 aliphatic rings. The van der Waals surface area contributed by atoms with Crippen LogP contribution < -0.4 is 5.32 Å². The van der Waals surface area contributed by atoms with Gasteiger partial charge in [-0.3, -0.25) is 0 Å². The van der Waals surface area contributed by atoms with Crippen LogP contribution in [0.3, 0.4) is 0 Å². The summed E-state index contributed by atoms with van der Waals surface area (Å²) in [6.07, 6.45) is -4.41. The van der Waals surface area contributed by atoms with E-state index in [1.54, 1.807) is 21.1 Å². The van der Waals surface area contributed by atoms with E-state index in [0.29, 0.717) is 5.56 Å². The van der Waals surface area contributed by atoms with Gasteiger partial charge in [-0.05, 0) is 43.1 Å². The molecule has 0 bridgehead atoms. The number of hydrogen-bond acceptors (Lipinski definition) is 2. The molecule has 0 amide bonds. The summed E-state index contributed by atoms with van der Waals surface area (Å²) < 4.78 is 43.6. The lowest BCUT2D eigenvalue weighted by atomic mass is 9.90. The highest BCUT2D eigenvalue weighted by atomic mass is 19.4. The van der Waals surface area contributed by atoms with Crippen molar-refractivity contribution < 1.29 is 17.9 Å². The van der Waals surface area contributed by atoms with Gasteiger partial charge in [-0.1, -0.05) is 19.9 Å². The summed E-state index contributed by atoms with van der Waals surface area (Å²) in [6, 6.07) is 3.71. The third kappa shape index (κ3) is 3.73. The molecule has 0 saturated carbocycles. The lowest BCUT2D eigenvalue weighted by Crippen LogP contribution is -2.35. The van der Waals surface area contributed by atoms with E-state index in [1.807, 2.05) is 13.8 Å². The fourth-order valence-electron chi connectivity index (χ4n) is 2.49. The van der Waals surface area contributed by atoms with E-state index in [0.717, 1.165) is 11.6 Å². The first kappa shape index (κ1) is 17.0. The predicted octanol–water partition coefficient (Wildman–Crippen LogP) is 3.95. The van der Waals surface area contributed by atoms with Crippen molar-refractivity contribution in [1.29, 1.82) is 0 Å². The number of halogens is 3. The van der Waals surface area contributed by atoms with Crippen LogP contribution in [0.2, 0.25) is 0 Å². The number of ether oxygens (including phenoxy) is 1. The molecule has 114 valence electrons. The summed E-state index contributed by atoms with van der Waals surface area (Å²) in [7, 11) is 3.41. The molecule has 0 aromatic heterocycles. The molecule has 1 aromatic carbocycles. The van der Waals surface area contributed by atoms with Crippen LogP contribution >= 0.6 is 0 Å². The Morgan fingerprint density at radius 3 is 2.15 bits per heavy atom. The Balaban J connectivity index is 3.17. The van der Waals surface area contributed by atoms with Crippen LogP contribution in [0, 0.1) is 12.8 Å². The molecule has 0 heterocycles. The van der Waals surface area contributed by atoms with Crippen molar-refractivity contribution in [2.75, 3.05) is 14.2 Å². The fourth-order valence-corrected chi connectivity index (χ4v) is 2.49. The topological polar surface area (TPSA) is 21.3 Å². The first-order valence-corrected chi connectivity index (χ1v) is 6.60. The zero-order valence-electron chi connectivity index (χ0n) is 12.5. The Hall–Kier alpha value is -1.07. The Labute approximate surface area is 118 Å². The molecule has 20 heavy (non-hydrogen) atoms. The smallest absolute Gasteiger partial charge is 0.379 e. The second-order valence-corrected chi connectivity index (χ2v) is 5.28. The summed E-state index contributed by atoms with van der Waals surface area (Å²) in [4.78, 5) is 0. The Morgan fingerprint density at radius 1 is 1.20 bits per heavy atom. The molecule has 0 radical (unpaired) electrons. The largest absolute Gasteiger partial charge is 0.416 e. The lowest BCUT2D eigenvalue weighted by molar-refractivity contribution is -0.137. The van der Waals surface area contributed by atoms with Crippen molar-refractivity contribution in [1.82, 2.24) is 5.32 Å². The molecule has 1 N–H and O–H groups in total. The van der Waals surface area contributed by atoms with E-state index in [2.05, 4.69) is 5.32 Å². The van der Waals surface area contributed by atoms with Gasteiger partial charge in [0.2, 0.25) is 0 Å². The Bertz CT molecular complexity index is 443. The number of methoxy groups -OCH3 is 1. The number of benzene rings is 1. The zero-order valence-corrected chi connectivity index (χ0v) is 12.5. The van der Waals surface area contributed by atoms with Crippen LogP contribution in [0.25, 0.3) is 0 Å². The van der Waals surface area contributed by atoms with Crippen LogP contribution in [0.5, 0.6) is 0 Å². The van der Waals surface area contributed by atoms with Crippen molar-refractivity contribution in [3.05, 3.63) is 34.9 Å². The van der Waals surface area contributed by atoms with Crippen LogP contribution in [0.1, 0.15) is 36.6 Å². The third-order valence-electron chi connectivity index (χ3n) is 3.50. The minimum absolute atomic E-state index is 0.101. The van der Waals surface area contributed by atoms with Crippen LogP contribution in [-0.4, -0.2) is 20.3 Å². The SMILES string of the molecule is CNC(c1ccc(C(F)(F)F)cc1C)C(OC)C(C)C. The zero-order chi connectivity index (χ0) is 15.5. The van der Waals surface area contributed by atoms with Gasteiger partial charge in [-0.25, -0.2) is 0 Å². The maximum absolute atomic E-state index is 12.7. The van der Waals surface area contributed by atoms with Gasteiger partial charge in [0.1, 0.15) is 0 Å². The van der Waals surface area contributed by atoms with Gasteiger partial charge in [0, 0.05) is 7.11 Å². The third-order valence-corrected chi connectivity index (χ3v) is 3.50. The number of likely N-dealkylation sites (N-methyl/N-ethyl adjacent to an activating group) is 1. The highest BCUT2D eigenvalue weighted by Crippen LogP contribution is 2.33. The lowest BCUT2D eigenvalue weighted by Gasteiger charge is -2.30. The van der Waals surface area contributed by atoms with E-state index >= 15 is 0 Å². The molecule has 0 saturated heterocycles. The second-order valence-electron chi connectivity index (χ2n) is 5.28. The molecule has 1 aromatic rings. The molecule has 5 heteroatoms. The predicted molar refractivity (Wildman–Crippen MR) is 73.6 cm³/mol. The number of aryl methyl sites for hydroxylation is 1. The molecule has 2 unspecified atom stereocenters. The van der Waals surface area contributed by atoms with Crippen molar-refractivity contribution in [3.63, 3.8) is 0 Å². The first-order valence-electron chi connectivity index (χ1n) is 6.60. The summed E-state index contributed by atoms with van der Waals surface area (Å²) in [5.74, 6) is 0.249. The maximum Gasteiger partial charge on any atom is 0.416 e. The summed E-state index contributed by atoms with van der Waals surface area (Å²) in [5.41, 5.74) is 0.829.